The second-order valence-corrected chi connectivity index (χ2v) is 9.40. The standard InChI is InChI=1S/C33H21N5/c1-3-11-22(12-4-1)24-19-20-29-30(21-24)37-28-18-10-9-17-27(28)35-33(37)38(29)32-34-26-16-8-7-15-25(26)31(36-32)23-13-5-2-6-14-23/h1-21H. The first-order valence-corrected chi connectivity index (χ1v) is 12.6. The van der Waals surface area contributed by atoms with Crippen molar-refractivity contribution in [1.29, 1.82) is 0 Å². The van der Waals surface area contributed by atoms with E-state index < -0.39 is 0 Å². The number of hydrogen-bond acceptors (Lipinski definition) is 3. The first kappa shape index (κ1) is 20.9. The van der Waals surface area contributed by atoms with Crippen LogP contribution in [0.15, 0.2) is 127 Å². The number of fused-ring (bicyclic) bond motifs is 6. The van der Waals surface area contributed by atoms with E-state index in [1.54, 1.807) is 0 Å². The first-order valence-electron chi connectivity index (χ1n) is 12.6. The minimum absolute atomic E-state index is 0.602. The molecule has 0 amide bonds. The van der Waals surface area contributed by atoms with Gasteiger partial charge in [-0.15, -0.1) is 0 Å². The minimum Gasteiger partial charge on any atom is -0.276 e. The summed E-state index contributed by atoms with van der Waals surface area (Å²) in [5, 5.41) is 1.02. The second kappa shape index (κ2) is 8.11. The molecule has 0 spiro atoms. The average Bonchev–Trinajstić information content (AvgIpc) is 3.51. The largest absolute Gasteiger partial charge is 0.276 e. The Hall–Kier alpha value is -5.29. The van der Waals surface area contributed by atoms with Gasteiger partial charge < -0.3 is 0 Å². The molecule has 0 aliphatic carbocycles. The van der Waals surface area contributed by atoms with Gasteiger partial charge in [0.05, 0.1) is 33.3 Å². The zero-order valence-electron chi connectivity index (χ0n) is 20.4. The van der Waals surface area contributed by atoms with Crippen LogP contribution in [0.3, 0.4) is 0 Å². The second-order valence-electron chi connectivity index (χ2n) is 9.40. The third-order valence-electron chi connectivity index (χ3n) is 7.15. The maximum absolute atomic E-state index is 5.16. The van der Waals surface area contributed by atoms with E-state index in [-0.39, 0.29) is 0 Å². The van der Waals surface area contributed by atoms with Gasteiger partial charge in [0, 0.05) is 10.9 Å². The molecule has 3 aromatic heterocycles. The van der Waals surface area contributed by atoms with Gasteiger partial charge in [0.15, 0.2) is 0 Å². The molecular weight excluding hydrogens is 466 g/mol. The quantitative estimate of drug-likeness (QED) is 0.256. The van der Waals surface area contributed by atoms with Crippen LogP contribution in [0, 0.1) is 0 Å². The van der Waals surface area contributed by atoms with Crippen LogP contribution in [-0.4, -0.2) is 23.9 Å². The van der Waals surface area contributed by atoms with Crippen LogP contribution in [0.4, 0.5) is 0 Å². The summed E-state index contributed by atoms with van der Waals surface area (Å²) in [5.74, 6) is 1.39. The number of benzene rings is 5. The molecule has 0 atom stereocenters. The summed E-state index contributed by atoms with van der Waals surface area (Å²) in [7, 11) is 0. The third kappa shape index (κ3) is 3.09. The van der Waals surface area contributed by atoms with E-state index in [2.05, 4.69) is 87.8 Å². The molecule has 5 aromatic carbocycles. The van der Waals surface area contributed by atoms with Crippen LogP contribution in [0.2, 0.25) is 0 Å². The van der Waals surface area contributed by atoms with E-state index in [0.29, 0.717) is 5.95 Å². The zero-order valence-corrected chi connectivity index (χ0v) is 20.4. The molecule has 0 aliphatic heterocycles. The number of rotatable bonds is 3. The molecule has 178 valence electrons. The smallest absolute Gasteiger partial charge is 0.238 e. The number of para-hydroxylation sites is 3. The Morgan fingerprint density at radius 2 is 1.13 bits per heavy atom. The molecule has 38 heavy (non-hydrogen) atoms. The summed E-state index contributed by atoms with van der Waals surface area (Å²) < 4.78 is 4.31. The van der Waals surface area contributed by atoms with Crippen LogP contribution in [0.25, 0.3) is 67.1 Å². The third-order valence-corrected chi connectivity index (χ3v) is 7.15. The maximum atomic E-state index is 5.16. The molecule has 0 unspecified atom stereocenters. The van der Waals surface area contributed by atoms with Gasteiger partial charge in [-0.3, -0.25) is 4.40 Å². The van der Waals surface area contributed by atoms with Gasteiger partial charge in [0.2, 0.25) is 11.7 Å². The van der Waals surface area contributed by atoms with Crippen molar-refractivity contribution in [3.05, 3.63) is 127 Å². The molecule has 0 saturated carbocycles. The molecule has 0 fully saturated rings. The predicted octanol–water partition coefficient (Wildman–Crippen LogP) is 7.71. The van der Waals surface area contributed by atoms with Gasteiger partial charge in [-0.2, -0.15) is 0 Å². The van der Waals surface area contributed by atoms with Crippen LogP contribution >= 0.6 is 0 Å². The Kier molecular flexibility index (Phi) is 4.45. The lowest BCUT2D eigenvalue weighted by atomic mass is 10.1. The van der Waals surface area contributed by atoms with Gasteiger partial charge in [0.25, 0.3) is 0 Å². The van der Waals surface area contributed by atoms with Crippen molar-refractivity contribution >= 4 is 38.7 Å². The molecule has 0 bridgehead atoms. The Morgan fingerprint density at radius 3 is 1.95 bits per heavy atom. The highest BCUT2D eigenvalue weighted by Gasteiger charge is 2.21. The lowest BCUT2D eigenvalue weighted by Gasteiger charge is -2.10. The molecule has 5 heteroatoms. The van der Waals surface area contributed by atoms with Crippen molar-refractivity contribution in [2.24, 2.45) is 0 Å². The van der Waals surface area contributed by atoms with Crippen molar-refractivity contribution in [1.82, 2.24) is 23.9 Å². The summed E-state index contributed by atoms with van der Waals surface area (Å²) in [6, 6.07) is 43.8. The normalized spacial score (nSPS) is 11.7. The highest BCUT2D eigenvalue weighted by molar-refractivity contribution is 5.96. The van der Waals surface area contributed by atoms with E-state index in [4.69, 9.17) is 15.0 Å². The Bertz CT molecular complexity index is 2120. The number of hydrogen-bond donors (Lipinski definition) is 0. The van der Waals surface area contributed by atoms with Crippen LogP contribution in [0.5, 0.6) is 0 Å². The summed E-state index contributed by atoms with van der Waals surface area (Å²) in [4.78, 5) is 15.3. The molecule has 0 saturated heterocycles. The van der Waals surface area contributed by atoms with Crippen molar-refractivity contribution in [2.75, 3.05) is 0 Å². The van der Waals surface area contributed by atoms with Gasteiger partial charge in [0.1, 0.15) is 0 Å². The van der Waals surface area contributed by atoms with Gasteiger partial charge >= 0.3 is 0 Å². The predicted molar refractivity (Wildman–Crippen MR) is 153 cm³/mol. The van der Waals surface area contributed by atoms with E-state index in [0.717, 1.165) is 55.6 Å². The van der Waals surface area contributed by atoms with E-state index in [1.807, 2.05) is 48.5 Å². The Labute approximate surface area is 218 Å². The monoisotopic (exact) mass is 487 g/mol. The first-order chi connectivity index (χ1) is 18.8. The fourth-order valence-electron chi connectivity index (χ4n) is 5.39. The number of nitrogens with zero attached hydrogens (tertiary/aromatic N) is 5. The highest BCUT2D eigenvalue weighted by Crippen LogP contribution is 2.33. The van der Waals surface area contributed by atoms with Crippen molar-refractivity contribution in [2.45, 2.75) is 0 Å². The van der Waals surface area contributed by atoms with Gasteiger partial charge in [-0.25, -0.2) is 19.5 Å². The number of aromatic nitrogens is 5. The topological polar surface area (TPSA) is 48.0 Å². The van der Waals surface area contributed by atoms with E-state index in [9.17, 15) is 0 Å². The lowest BCUT2D eigenvalue weighted by Crippen LogP contribution is -2.04. The van der Waals surface area contributed by atoms with Crippen molar-refractivity contribution in [3.8, 4) is 28.3 Å². The van der Waals surface area contributed by atoms with Crippen molar-refractivity contribution < 1.29 is 0 Å². The summed E-state index contributed by atoms with van der Waals surface area (Å²) in [6.45, 7) is 0. The fourth-order valence-corrected chi connectivity index (χ4v) is 5.39. The number of imidazole rings is 2. The Morgan fingerprint density at radius 1 is 0.447 bits per heavy atom. The SMILES string of the molecule is c1ccc(-c2ccc3c(c2)n2c4ccccc4nc2n3-c2nc(-c3ccccc3)c3ccccc3n2)cc1. The average molecular weight is 488 g/mol. The molecular formula is C33H21N5. The molecule has 8 rings (SSSR count). The highest BCUT2D eigenvalue weighted by atomic mass is 15.3. The van der Waals surface area contributed by atoms with Crippen LogP contribution in [0.1, 0.15) is 0 Å². The molecule has 5 nitrogen and oxygen atoms in total. The molecule has 0 radical (unpaired) electrons. The van der Waals surface area contributed by atoms with Crippen LogP contribution in [-0.2, 0) is 0 Å². The van der Waals surface area contributed by atoms with Crippen LogP contribution < -0.4 is 0 Å². The zero-order chi connectivity index (χ0) is 25.1. The molecule has 0 N–H and O–H groups in total. The van der Waals surface area contributed by atoms with Gasteiger partial charge in [-0.1, -0.05) is 97.1 Å². The van der Waals surface area contributed by atoms with Crippen molar-refractivity contribution in [3.63, 3.8) is 0 Å². The lowest BCUT2D eigenvalue weighted by molar-refractivity contribution is 0.986. The molecule has 0 aliphatic rings. The summed E-state index contributed by atoms with van der Waals surface area (Å²) in [6.07, 6.45) is 0. The Balaban J connectivity index is 1.49. The molecule has 3 heterocycles. The minimum atomic E-state index is 0.602. The summed E-state index contributed by atoms with van der Waals surface area (Å²) >= 11 is 0. The fraction of sp³-hybridized carbons (Fsp3) is 0. The maximum Gasteiger partial charge on any atom is 0.238 e. The molecule has 8 aromatic rings. The van der Waals surface area contributed by atoms with E-state index in [1.165, 1.54) is 5.56 Å². The van der Waals surface area contributed by atoms with Gasteiger partial charge in [-0.05, 0) is 41.5 Å². The summed E-state index contributed by atoms with van der Waals surface area (Å²) in [5.41, 5.74) is 9.25. The van der Waals surface area contributed by atoms with E-state index >= 15 is 0 Å².